The van der Waals surface area contributed by atoms with Crippen molar-refractivity contribution < 1.29 is 18.8 Å². The van der Waals surface area contributed by atoms with Crippen LogP contribution in [-0.2, 0) is 4.74 Å². The Bertz CT molecular complexity index is 704. The molecule has 1 aliphatic carbocycles. The minimum absolute atomic E-state index is 0.239. The van der Waals surface area contributed by atoms with Crippen LogP contribution in [0.15, 0.2) is 34.9 Å². The summed E-state index contributed by atoms with van der Waals surface area (Å²) in [7, 11) is 0. The number of carbonyl (C=O) groups is 2. The number of nitrogens with zero attached hydrogens (tertiary/aromatic N) is 1. The molecule has 1 aliphatic rings. The zero-order chi connectivity index (χ0) is 15.5. The first kappa shape index (κ1) is 14.3. The Morgan fingerprint density at radius 1 is 1.36 bits per heavy atom. The van der Waals surface area contributed by atoms with Crippen molar-refractivity contribution in [2.45, 2.75) is 25.7 Å². The van der Waals surface area contributed by atoms with Crippen LogP contribution < -0.4 is 5.32 Å². The maximum Gasteiger partial charge on any atom is 0.338 e. The summed E-state index contributed by atoms with van der Waals surface area (Å²) in [6.07, 6.45) is 2.16. The van der Waals surface area contributed by atoms with Gasteiger partial charge >= 0.3 is 5.97 Å². The van der Waals surface area contributed by atoms with E-state index in [9.17, 15) is 9.59 Å². The highest BCUT2D eigenvalue weighted by Crippen LogP contribution is 2.40. The number of ether oxygens (including phenoxy) is 1. The molecule has 2 aromatic rings. The fourth-order valence-electron chi connectivity index (χ4n) is 2.09. The fourth-order valence-corrected chi connectivity index (χ4v) is 2.09. The van der Waals surface area contributed by atoms with Crippen molar-refractivity contribution in [3.8, 4) is 0 Å². The predicted octanol–water partition coefficient (Wildman–Crippen LogP) is 2.98. The molecule has 0 aliphatic heterocycles. The van der Waals surface area contributed by atoms with E-state index in [1.54, 1.807) is 37.3 Å². The monoisotopic (exact) mass is 300 g/mol. The molecule has 1 aromatic heterocycles. The Balaban J connectivity index is 1.70. The molecule has 1 fully saturated rings. The summed E-state index contributed by atoms with van der Waals surface area (Å²) < 4.78 is 10.1. The number of rotatable bonds is 5. The van der Waals surface area contributed by atoms with Gasteiger partial charge in [-0.2, -0.15) is 0 Å². The van der Waals surface area contributed by atoms with Crippen LogP contribution in [-0.4, -0.2) is 23.6 Å². The number of nitrogens with one attached hydrogen (secondary N) is 1. The van der Waals surface area contributed by atoms with Crippen molar-refractivity contribution in [1.29, 1.82) is 0 Å². The number of hydrogen-bond donors (Lipinski definition) is 1. The standard InChI is InChI=1S/C16H16N2O4/c1-2-21-16(20)11-4-3-5-12(8-11)17-15(19)13-9-14(22-18-13)10-6-7-10/h3-5,8-10H,2,6-7H2,1H3,(H,17,19). The zero-order valence-electron chi connectivity index (χ0n) is 12.2. The molecule has 1 heterocycles. The van der Waals surface area contributed by atoms with Gasteiger partial charge in [0.05, 0.1) is 12.2 Å². The number of esters is 1. The number of aromatic nitrogens is 1. The van der Waals surface area contributed by atoms with E-state index in [1.165, 1.54) is 0 Å². The predicted molar refractivity (Wildman–Crippen MR) is 78.8 cm³/mol. The molecule has 6 heteroatoms. The molecule has 0 radical (unpaired) electrons. The number of benzene rings is 1. The van der Waals surface area contributed by atoms with Crippen LogP contribution in [0.5, 0.6) is 0 Å². The molecule has 0 saturated heterocycles. The van der Waals surface area contributed by atoms with Crippen LogP contribution in [0.25, 0.3) is 0 Å². The summed E-state index contributed by atoms with van der Waals surface area (Å²) in [5.74, 6) is 0.374. The Morgan fingerprint density at radius 3 is 2.91 bits per heavy atom. The molecule has 1 aromatic carbocycles. The molecule has 114 valence electrons. The van der Waals surface area contributed by atoms with Crippen LogP contribution >= 0.6 is 0 Å². The van der Waals surface area contributed by atoms with E-state index in [2.05, 4.69) is 10.5 Å². The van der Waals surface area contributed by atoms with Gasteiger partial charge < -0.3 is 14.6 Å². The normalized spacial score (nSPS) is 13.7. The van der Waals surface area contributed by atoms with Gasteiger partial charge in [-0.1, -0.05) is 11.2 Å². The zero-order valence-corrected chi connectivity index (χ0v) is 12.2. The number of anilines is 1. The van der Waals surface area contributed by atoms with Crippen molar-refractivity contribution >= 4 is 17.6 Å². The van der Waals surface area contributed by atoms with Crippen molar-refractivity contribution in [1.82, 2.24) is 5.16 Å². The van der Waals surface area contributed by atoms with E-state index in [1.807, 2.05) is 0 Å². The van der Waals surface area contributed by atoms with E-state index in [-0.39, 0.29) is 11.6 Å². The first-order valence-electron chi connectivity index (χ1n) is 7.22. The van der Waals surface area contributed by atoms with Crippen LogP contribution in [0.1, 0.15) is 52.3 Å². The van der Waals surface area contributed by atoms with E-state index in [0.717, 1.165) is 18.6 Å². The van der Waals surface area contributed by atoms with Gasteiger partial charge in [0.1, 0.15) is 5.76 Å². The molecule has 1 amide bonds. The smallest absolute Gasteiger partial charge is 0.338 e. The van der Waals surface area contributed by atoms with Crippen LogP contribution in [0.3, 0.4) is 0 Å². The summed E-state index contributed by atoms with van der Waals surface area (Å²) in [6.45, 7) is 2.05. The maximum atomic E-state index is 12.1. The highest BCUT2D eigenvalue weighted by atomic mass is 16.5. The lowest BCUT2D eigenvalue weighted by molar-refractivity contribution is 0.0526. The summed E-state index contributed by atoms with van der Waals surface area (Å²) in [5, 5.41) is 6.48. The van der Waals surface area contributed by atoms with Gasteiger partial charge in [-0.15, -0.1) is 0 Å². The first-order valence-corrected chi connectivity index (χ1v) is 7.22. The van der Waals surface area contributed by atoms with Crippen molar-refractivity contribution in [2.24, 2.45) is 0 Å². The third-order valence-corrected chi connectivity index (χ3v) is 3.37. The molecular formula is C16H16N2O4. The van der Waals surface area contributed by atoms with Crippen molar-refractivity contribution in [2.75, 3.05) is 11.9 Å². The Morgan fingerprint density at radius 2 is 2.18 bits per heavy atom. The Labute approximate surface area is 127 Å². The second-order valence-corrected chi connectivity index (χ2v) is 5.14. The summed E-state index contributed by atoms with van der Waals surface area (Å²) in [5.41, 5.74) is 1.13. The van der Waals surface area contributed by atoms with Crippen molar-refractivity contribution in [3.63, 3.8) is 0 Å². The Hall–Kier alpha value is -2.63. The lowest BCUT2D eigenvalue weighted by atomic mass is 10.2. The fraction of sp³-hybridized carbons (Fsp3) is 0.312. The quantitative estimate of drug-likeness (QED) is 0.858. The Kier molecular flexibility index (Phi) is 3.91. The molecule has 0 spiro atoms. The highest BCUT2D eigenvalue weighted by Gasteiger charge is 2.28. The minimum atomic E-state index is -0.420. The average molecular weight is 300 g/mol. The lowest BCUT2D eigenvalue weighted by Crippen LogP contribution is -2.13. The molecule has 0 bridgehead atoms. The lowest BCUT2D eigenvalue weighted by Gasteiger charge is -2.05. The summed E-state index contributed by atoms with van der Waals surface area (Å²) >= 11 is 0. The molecule has 0 atom stereocenters. The number of amides is 1. The molecule has 6 nitrogen and oxygen atoms in total. The van der Waals surface area contributed by atoms with E-state index in [4.69, 9.17) is 9.26 Å². The topological polar surface area (TPSA) is 81.4 Å². The van der Waals surface area contributed by atoms with Gasteiger partial charge in [-0.3, -0.25) is 4.79 Å². The average Bonchev–Trinajstić information content (AvgIpc) is 3.25. The van der Waals surface area contributed by atoms with E-state index < -0.39 is 5.97 Å². The van der Waals surface area contributed by atoms with Gasteiger partial charge in [0.15, 0.2) is 5.69 Å². The molecule has 1 saturated carbocycles. The largest absolute Gasteiger partial charge is 0.462 e. The van der Waals surface area contributed by atoms with E-state index in [0.29, 0.717) is 23.8 Å². The molecule has 3 rings (SSSR count). The second kappa shape index (κ2) is 6.01. The molecule has 0 unspecified atom stereocenters. The minimum Gasteiger partial charge on any atom is -0.462 e. The van der Waals surface area contributed by atoms with E-state index >= 15 is 0 Å². The number of hydrogen-bond acceptors (Lipinski definition) is 5. The SMILES string of the molecule is CCOC(=O)c1cccc(NC(=O)c2cc(C3CC3)on2)c1. The van der Waals surface area contributed by atoms with Crippen molar-refractivity contribution in [3.05, 3.63) is 47.3 Å². The number of carbonyl (C=O) groups excluding carboxylic acids is 2. The third kappa shape index (κ3) is 3.16. The third-order valence-electron chi connectivity index (χ3n) is 3.37. The van der Waals surface area contributed by atoms with Crippen LogP contribution in [0, 0.1) is 0 Å². The molecule has 22 heavy (non-hydrogen) atoms. The second-order valence-electron chi connectivity index (χ2n) is 5.14. The summed E-state index contributed by atoms with van der Waals surface area (Å²) in [4.78, 5) is 23.8. The van der Waals surface area contributed by atoms with Gasteiger partial charge in [-0.05, 0) is 38.0 Å². The van der Waals surface area contributed by atoms with Gasteiger partial charge in [-0.25, -0.2) is 4.79 Å². The first-order chi connectivity index (χ1) is 10.7. The van der Waals surface area contributed by atoms with Crippen LogP contribution in [0.4, 0.5) is 5.69 Å². The highest BCUT2D eigenvalue weighted by molar-refractivity contribution is 6.03. The van der Waals surface area contributed by atoms with Crippen LogP contribution in [0.2, 0.25) is 0 Å². The maximum absolute atomic E-state index is 12.1. The van der Waals surface area contributed by atoms with Gasteiger partial charge in [0, 0.05) is 17.7 Å². The molecular weight excluding hydrogens is 284 g/mol. The molecule has 1 N–H and O–H groups in total. The van der Waals surface area contributed by atoms with Gasteiger partial charge in [0.25, 0.3) is 5.91 Å². The van der Waals surface area contributed by atoms with Gasteiger partial charge in [0.2, 0.25) is 0 Å². The summed E-state index contributed by atoms with van der Waals surface area (Å²) in [6, 6.07) is 8.25.